The first-order valence-electron chi connectivity index (χ1n) is 5.01. The predicted molar refractivity (Wildman–Crippen MR) is 65.3 cm³/mol. The van der Waals surface area contributed by atoms with Gasteiger partial charge in [-0.25, -0.2) is 4.39 Å². The molecule has 84 valence electrons. The number of halogens is 1. The number of anilines is 3. The third-order valence-electron chi connectivity index (χ3n) is 2.27. The summed E-state index contributed by atoms with van der Waals surface area (Å²) in [4.78, 5) is 0. The molecular formula is C13H10FN3. The largest absolute Gasteiger partial charge is 0.399 e. The van der Waals surface area contributed by atoms with Crippen LogP contribution in [0.5, 0.6) is 0 Å². The minimum Gasteiger partial charge on any atom is -0.399 e. The second kappa shape index (κ2) is 4.54. The van der Waals surface area contributed by atoms with E-state index in [9.17, 15) is 4.39 Å². The summed E-state index contributed by atoms with van der Waals surface area (Å²) in [6.07, 6.45) is 0. The monoisotopic (exact) mass is 227 g/mol. The van der Waals surface area contributed by atoms with Crippen LogP contribution in [0.3, 0.4) is 0 Å². The molecule has 0 radical (unpaired) electrons. The van der Waals surface area contributed by atoms with Crippen molar-refractivity contribution in [2.24, 2.45) is 0 Å². The van der Waals surface area contributed by atoms with Gasteiger partial charge in [-0.2, -0.15) is 5.26 Å². The lowest BCUT2D eigenvalue weighted by Crippen LogP contribution is -1.95. The molecule has 4 heteroatoms. The number of hydrogen-bond acceptors (Lipinski definition) is 3. The molecule has 0 aliphatic carbocycles. The van der Waals surface area contributed by atoms with Crippen LogP contribution in [0, 0.1) is 17.1 Å². The molecule has 0 aliphatic rings. The van der Waals surface area contributed by atoms with Crippen molar-refractivity contribution in [1.82, 2.24) is 0 Å². The minimum atomic E-state index is -0.330. The molecule has 0 bridgehead atoms. The Bertz CT molecular complexity index is 587. The Balaban J connectivity index is 2.34. The van der Waals surface area contributed by atoms with Gasteiger partial charge in [0.2, 0.25) is 0 Å². The molecule has 3 N–H and O–H groups in total. The lowest BCUT2D eigenvalue weighted by Gasteiger charge is -2.08. The Morgan fingerprint density at radius 2 is 2.00 bits per heavy atom. The van der Waals surface area contributed by atoms with Crippen LogP contribution in [0.2, 0.25) is 0 Å². The van der Waals surface area contributed by atoms with E-state index < -0.39 is 0 Å². The van der Waals surface area contributed by atoms with Crippen molar-refractivity contribution in [1.29, 1.82) is 5.26 Å². The van der Waals surface area contributed by atoms with E-state index in [4.69, 9.17) is 11.0 Å². The van der Waals surface area contributed by atoms with Gasteiger partial charge in [0.1, 0.15) is 11.9 Å². The number of hydrogen-bond donors (Lipinski definition) is 2. The Hall–Kier alpha value is -2.54. The molecule has 0 unspecified atom stereocenters. The number of nitrogens with two attached hydrogens (primary N) is 1. The Labute approximate surface area is 98.3 Å². The molecule has 0 aliphatic heterocycles. The van der Waals surface area contributed by atoms with E-state index in [-0.39, 0.29) is 5.82 Å². The SMILES string of the molecule is N#Cc1cc(N)ccc1Nc1cccc(F)c1. The van der Waals surface area contributed by atoms with Crippen LogP contribution in [-0.4, -0.2) is 0 Å². The standard InChI is InChI=1S/C13H10FN3/c14-10-2-1-3-12(7-10)17-13-5-4-11(16)6-9(13)8-15/h1-7,17H,16H2. The van der Waals surface area contributed by atoms with Crippen LogP contribution in [-0.2, 0) is 0 Å². The summed E-state index contributed by atoms with van der Waals surface area (Å²) in [6, 6.07) is 13.0. The molecule has 0 spiro atoms. The van der Waals surface area contributed by atoms with Crippen LogP contribution in [0.15, 0.2) is 42.5 Å². The van der Waals surface area contributed by atoms with E-state index in [0.717, 1.165) is 0 Å². The third-order valence-corrected chi connectivity index (χ3v) is 2.27. The van der Waals surface area contributed by atoms with Gasteiger partial charge in [0.25, 0.3) is 0 Å². The molecule has 0 saturated heterocycles. The summed E-state index contributed by atoms with van der Waals surface area (Å²) in [7, 11) is 0. The van der Waals surface area contributed by atoms with Gasteiger partial charge in [-0.3, -0.25) is 0 Å². The Kier molecular flexibility index (Phi) is 2.93. The zero-order valence-electron chi connectivity index (χ0n) is 8.94. The lowest BCUT2D eigenvalue weighted by molar-refractivity contribution is 0.628. The number of rotatable bonds is 2. The predicted octanol–water partition coefficient (Wildman–Crippen LogP) is 3.02. The molecule has 0 atom stereocenters. The Morgan fingerprint density at radius 1 is 1.18 bits per heavy atom. The van der Waals surface area contributed by atoms with E-state index in [2.05, 4.69) is 5.32 Å². The number of nitrogens with zero attached hydrogens (tertiary/aromatic N) is 1. The fourth-order valence-electron chi connectivity index (χ4n) is 1.49. The average molecular weight is 227 g/mol. The Morgan fingerprint density at radius 3 is 2.71 bits per heavy atom. The first kappa shape index (κ1) is 11.0. The smallest absolute Gasteiger partial charge is 0.125 e. The van der Waals surface area contributed by atoms with Crippen LogP contribution in [0.4, 0.5) is 21.5 Å². The maximum atomic E-state index is 13.0. The summed E-state index contributed by atoms with van der Waals surface area (Å²) >= 11 is 0. The molecule has 0 fully saturated rings. The zero-order chi connectivity index (χ0) is 12.3. The maximum absolute atomic E-state index is 13.0. The van der Waals surface area contributed by atoms with Crippen molar-refractivity contribution in [3.8, 4) is 6.07 Å². The normalized spacial score (nSPS) is 9.65. The van der Waals surface area contributed by atoms with Crippen LogP contribution in [0.25, 0.3) is 0 Å². The fourth-order valence-corrected chi connectivity index (χ4v) is 1.49. The highest BCUT2D eigenvalue weighted by atomic mass is 19.1. The fraction of sp³-hybridized carbons (Fsp3) is 0. The second-order valence-electron chi connectivity index (χ2n) is 3.55. The van der Waals surface area contributed by atoms with E-state index in [1.54, 1.807) is 30.3 Å². The maximum Gasteiger partial charge on any atom is 0.125 e. The van der Waals surface area contributed by atoms with Gasteiger partial charge in [0.15, 0.2) is 0 Å². The van der Waals surface area contributed by atoms with Gasteiger partial charge < -0.3 is 11.1 Å². The number of benzene rings is 2. The van der Waals surface area contributed by atoms with Crippen LogP contribution < -0.4 is 11.1 Å². The molecule has 0 amide bonds. The lowest BCUT2D eigenvalue weighted by atomic mass is 10.1. The third kappa shape index (κ3) is 2.52. The summed E-state index contributed by atoms with van der Waals surface area (Å²) < 4.78 is 13.0. The highest BCUT2D eigenvalue weighted by molar-refractivity contribution is 5.69. The average Bonchev–Trinajstić information content (AvgIpc) is 2.31. The molecule has 0 aromatic heterocycles. The zero-order valence-corrected chi connectivity index (χ0v) is 8.94. The molecule has 2 rings (SSSR count). The van der Waals surface area contributed by atoms with Crippen LogP contribution in [0.1, 0.15) is 5.56 Å². The van der Waals surface area contributed by atoms with Crippen molar-refractivity contribution in [3.63, 3.8) is 0 Å². The number of nitriles is 1. The first-order valence-corrected chi connectivity index (χ1v) is 5.01. The van der Waals surface area contributed by atoms with Crippen molar-refractivity contribution in [2.75, 3.05) is 11.1 Å². The summed E-state index contributed by atoms with van der Waals surface area (Å²) in [5, 5.41) is 11.9. The highest BCUT2D eigenvalue weighted by Gasteiger charge is 2.03. The first-order chi connectivity index (χ1) is 8.19. The van der Waals surface area contributed by atoms with Gasteiger partial charge in [0, 0.05) is 11.4 Å². The van der Waals surface area contributed by atoms with E-state index in [1.807, 2.05) is 6.07 Å². The quantitative estimate of drug-likeness (QED) is 0.775. The molecule has 0 heterocycles. The topological polar surface area (TPSA) is 61.8 Å². The molecular weight excluding hydrogens is 217 g/mol. The van der Waals surface area contributed by atoms with E-state index >= 15 is 0 Å². The van der Waals surface area contributed by atoms with Gasteiger partial charge in [-0.15, -0.1) is 0 Å². The second-order valence-corrected chi connectivity index (χ2v) is 3.55. The highest BCUT2D eigenvalue weighted by Crippen LogP contribution is 2.22. The van der Waals surface area contributed by atoms with E-state index in [0.29, 0.717) is 22.6 Å². The van der Waals surface area contributed by atoms with Gasteiger partial charge in [0.05, 0.1) is 11.3 Å². The number of nitrogen functional groups attached to an aromatic ring is 1. The minimum absolute atomic E-state index is 0.330. The van der Waals surface area contributed by atoms with Crippen molar-refractivity contribution in [2.45, 2.75) is 0 Å². The van der Waals surface area contributed by atoms with Gasteiger partial charge in [-0.1, -0.05) is 6.07 Å². The van der Waals surface area contributed by atoms with Crippen LogP contribution >= 0.6 is 0 Å². The molecule has 17 heavy (non-hydrogen) atoms. The van der Waals surface area contributed by atoms with Crippen molar-refractivity contribution < 1.29 is 4.39 Å². The van der Waals surface area contributed by atoms with Crippen molar-refractivity contribution >= 4 is 17.1 Å². The molecule has 2 aromatic rings. The number of nitrogens with one attached hydrogen (secondary N) is 1. The van der Waals surface area contributed by atoms with Gasteiger partial charge in [-0.05, 0) is 36.4 Å². The molecule has 3 nitrogen and oxygen atoms in total. The molecule has 0 saturated carbocycles. The van der Waals surface area contributed by atoms with Crippen molar-refractivity contribution in [3.05, 3.63) is 53.8 Å². The molecule has 2 aromatic carbocycles. The summed E-state index contributed by atoms with van der Waals surface area (Å²) in [5.41, 5.74) is 7.72. The van der Waals surface area contributed by atoms with Gasteiger partial charge >= 0.3 is 0 Å². The van der Waals surface area contributed by atoms with E-state index in [1.165, 1.54) is 12.1 Å². The summed E-state index contributed by atoms with van der Waals surface area (Å²) in [6.45, 7) is 0. The summed E-state index contributed by atoms with van der Waals surface area (Å²) in [5.74, 6) is -0.330.